The quantitative estimate of drug-likeness (QED) is 0.183. The molecule has 1 aliphatic carbocycles. The van der Waals surface area contributed by atoms with E-state index in [1.807, 2.05) is 0 Å². The van der Waals surface area contributed by atoms with E-state index in [1.54, 1.807) is 12.1 Å². The molecule has 3 aromatic carbocycles. The van der Waals surface area contributed by atoms with Gasteiger partial charge in [0.05, 0.1) is 17.8 Å². The zero-order valence-corrected chi connectivity index (χ0v) is 21.0. The van der Waals surface area contributed by atoms with E-state index < -0.39 is 29.4 Å². The van der Waals surface area contributed by atoms with Gasteiger partial charge in [0.2, 0.25) is 0 Å². The number of hydrogen-bond acceptors (Lipinski definition) is 4. The molecular weight excluding hydrogens is 519 g/mol. The van der Waals surface area contributed by atoms with Crippen LogP contribution in [0.4, 0.5) is 24.5 Å². The molecule has 7 nitrogen and oxygen atoms in total. The van der Waals surface area contributed by atoms with Crippen molar-refractivity contribution in [2.75, 3.05) is 17.1 Å². The van der Waals surface area contributed by atoms with Crippen molar-refractivity contribution in [2.45, 2.75) is 31.7 Å². The summed E-state index contributed by atoms with van der Waals surface area (Å²) in [5.41, 5.74) is 7.78. The molecule has 0 spiro atoms. The Kier molecular flexibility index (Phi) is 6.89. The van der Waals surface area contributed by atoms with Crippen LogP contribution in [0, 0.1) is 5.82 Å². The molecule has 198 valence electrons. The van der Waals surface area contributed by atoms with E-state index in [0.29, 0.717) is 22.2 Å². The third kappa shape index (κ3) is 4.86. The molecule has 0 bridgehead atoms. The van der Waals surface area contributed by atoms with E-state index in [2.05, 4.69) is 5.32 Å². The maximum atomic E-state index is 13.6. The van der Waals surface area contributed by atoms with Gasteiger partial charge >= 0.3 is 0 Å². The van der Waals surface area contributed by atoms with E-state index in [4.69, 9.17) is 10.2 Å². The average molecular weight is 544 g/mol. The molecule has 0 saturated heterocycles. The van der Waals surface area contributed by atoms with Gasteiger partial charge in [-0.15, -0.1) is 0 Å². The number of hydrogen-bond donors (Lipinski definition) is 3. The third-order valence-electron chi connectivity index (χ3n) is 6.58. The predicted octanol–water partition coefficient (Wildman–Crippen LogP) is 6.14. The van der Waals surface area contributed by atoms with Crippen molar-refractivity contribution < 1.29 is 31.1 Å². The lowest BCUT2D eigenvalue weighted by molar-refractivity contribution is 0.0964. The van der Waals surface area contributed by atoms with Crippen molar-refractivity contribution in [3.05, 3.63) is 82.7 Å². The summed E-state index contributed by atoms with van der Waals surface area (Å²) in [5, 5.41) is 3.11. The van der Waals surface area contributed by atoms with Crippen molar-refractivity contribution in [3.8, 4) is 11.3 Å². The number of halogens is 3. The minimum atomic E-state index is -2.79. The molecular formula is C27H24F3N3O4S. The summed E-state index contributed by atoms with van der Waals surface area (Å²) < 4.78 is 70.4. The van der Waals surface area contributed by atoms with Gasteiger partial charge in [-0.25, -0.2) is 17.4 Å². The Morgan fingerprint density at radius 2 is 1.89 bits per heavy atom. The van der Waals surface area contributed by atoms with Crippen LogP contribution >= 0.6 is 0 Å². The van der Waals surface area contributed by atoms with Crippen LogP contribution < -0.4 is 15.4 Å². The lowest BCUT2D eigenvalue weighted by Crippen LogP contribution is -2.26. The number of nitrogens with zero attached hydrogens (tertiary/aromatic N) is 1. The van der Waals surface area contributed by atoms with Gasteiger partial charge in [-0.1, -0.05) is 6.07 Å². The molecule has 1 aromatic heterocycles. The first kappa shape index (κ1) is 25.8. The third-order valence-corrected chi connectivity index (χ3v) is 7.29. The monoisotopic (exact) mass is 543 g/mol. The van der Waals surface area contributed by atoms with Crippen LogP contribution in [0.25, 0.3) is 22.3 Å². The highest BCUT2D eigenvalue weighted by molar-refractivity contribution is 7.80. The summed E-state index contributed by atoms with van der Waals surface area (Å²) in [6.45, 7) is -0.151. The maximum absolute atomic E-state index is 13.6. The highest BCUT2D eigenvalue weighted by Gasteiger charge is 2.32. The van der Waals surface area contributed by atoms with Crippen molar-refractivity contribution in [3.63, 3.8) is 0 Å². The summed E-state index contributed by atoms with van der Waals surface area (Å²) in [5.74, 6) is -0.523. The number of nitrogens with two attached hydrogens (primary N) is 1. The molecule has 1 fully saturated rings. The Morgan fingerprint density at radius 1 is 1.18 bits per heavy atom. The topological polar surface area (TPSA) is 109 Å². The summed E-state index contributed by atoms with van der Waals surface area (Å²) >= 11 is -2.52. The molecule has 1 amide bonds. The Hall–Kier alpha value is -3.83. The Morgan fingerprint density at radius 3 is 2.50 bits per heavy atom. The van der Waals surface area contributed by atoms with Crippen molar-refractivity contribution in [1.82, 2.24) is 5.32 Å². The summed E-state index contributed by atoms with van der Waals surface area (Å²) in [7, 11) is 1.49. The number of carbonyl (C=O) groups excluding carboxylic acids is 1. The highest BCUT2D eigenvalue weighted by atomic mass is 32.2. The molecule has 38 heavy (non-hydrogen) atoms. The average Bonchev–Trinajstić information content (AvgIpc) is 3.67. The van der Waals surface area contributed by atoms with Gasteiger partial charge in [0, 0.05) is 35.3 Å². The number of anilines is 2. The first-order valence-corrected chi connectivity index (χ1v) is 12.9. The van der Waals surface area contributed by atoms with Gasteiger partial charge in [-0.3, -0.25) is 13.7 Å². The van der Waals surface area contributed by atoms with E-state index >= 15 is 0 Å². The van der Waals surface area contributed by atoms with Gasteiger partial charge < -0.3 is 15.5 Å². The molecule has 4 N–H and O–H groups in total. The number of alkyl halides is 2. The predicted molar refractivity (Wildman–Crippen MR) is 140 cm³/mol. The SMILES string of the molecule is CNC(=O)c1c(-c2ccc(F)cc2)oc2cc(N(Cc3ccc(N)c(C(F)F)c3)S(=O)O)c(C3CC3)cc12. The van der Waals surface area contributed by atoms with Gasteiger partial charge in [0.1, 0.15) is 17.2 Å². The molecule has 1 unspecified atom stereocenters. The number of rotatable bonds is 8. The van der Waals surface area contributed by atoms with E-state index in [9.17, 15) is 26.7 Å². The van der Waals surface area contributed by atoms with Gasteiger partial charge in [-0.2, -0.15) is 0 Å². The van der Waals surface area contributed by atoms with Crippen LogP contribution in [0.15, 0.2) is 59.0 Å². The molecule has 1 heterocycles. The molecule has 5 rings (SSSR count). The second-order valence-electron chi connectivity index (χ2n) is 9.10. The molecule has 1 atom stereocenters. The van der Waals surface area contributed by atoms with Crippen molar-refractivity contribution in [1.29, 1.82) is 0 Å². The standard InChI is InChI=1S/C27H24F3N3O4S/c1-32-27(34)24-20-11-18(15-3-4-15)22(12-23(20)37-25(24)16-5-7-17(28)8-6-16)33(38(35)36)13-14-2-9-21(31)19(10-14)26(29)30/h2,5-12,15,26H,3-4,13,31H2,1H3,(H,32,34)(H,35,36). The number of nitrogen functional groups attached to an aromatic ring is 1. The fraction of sp³-hybridized carbons (Fsp3) is 0.222. The zero-order chi connectivity index (χ0) is 27.1. The van der Waals surface area contributed by atoms with Crippen molar-refractivity contribution >= 4 is 39.5 Å². The first-order chi connectivity index (χ1) is 18.2. The first-order valence-electron chi connectivity index (χ1n) is 11.8. The van der Waals surface area contributed by atoms with Crippen LogP contribution in [-0.2, 0) is 17.8 Å². The minimum Gasteiger partial charge on any atom is -0.455 e. The second-order valence-corrected chi connectivity index (χ2v) is 10.0. The van der Waals surface area contributed by atoms with Crippen molar-refractivity contribution in [2.24, 2.45) is 0 Å². The van der Waals surface area contributed by atoms with E-state index in [-0.39, 0.29) is 40.6 Å². The number of fused-ring (bicyclic) bond motifs is 1. The largest absolute Gasteiger partial charge is 0.455 e. The maximum Gasteiger partial charge on any atom is 0.265 e. The molecule has 1 aliphatic rings. The number of carbonyl (C=O) groups is 1. The van der Waals surface area contributed by atoms with Crippen LogP contribution in [0.5, 0.6) is 0 Å². The number of amides is 1. The zero-order valence-electron chi connectivity index (χ0n) is 20.2. The lowest BCUT2D eigenvalue weighted by Gasteiger charge is -2.23. The molecule has 0 aliphatic heterocycles. The number of benzene rings is 3. The number of nitrogens with one attached hydrogen (secondary N) is 1. The van der Waals surface area contributed by atoms with E-state index in [1.165, 1.54) is 53.8 Å². The van der Waals surface area contributed by atoms with Crippen LogP contribution in [0.3, 0.4) is 0 Å². The summed E-state index contributed by atoms with van der Waals surface area (Å²) in [6.07, 6.45) is -1.10. The fourth-order valence-corrected chi connectivity index (χ4v) is 5.13. The number of furan rings is 1. The lowest BCUT2D eigenvalue weighted by atomic mass is 10.00. The molecule has 4 aromatic rings. The molecule has 11 heteroatoms. The Labute approximate surface area is 218 Å². The van der Waals surface area contributed by atoms with E-state index in [0.717, 1.165) is 18.4 Å². The van der Waals surface area contributed by atoms with Gasteiger partial charge in [0.25, 0.3) is 23.6 Å². The Bertz CT molecular complexity index is 1550. The normalized spacial score (nSPS) is 14.2. The minimum absolute atomic E-state index is 0.0638. The molecule has 0 radical (unpaired) electrons. The summed E-state index contributed by atoms with van der Waals surface area (Å²) in [4.78, 5) is 12.9. The van der Waals surface area contributed by atoms with Crippen LogP contribution in [-0.4, -0.2) is 21.7 Å². The smallest absolute Gasteiger partial charge is 0.265 e. The molecule has 1 saturated carbocycles. The fourth-order valence-electron chi connectivity index (χ4n) is 4.54. The highest BCUT2D eigenvalue weighted by Crippen LogP contribution is 2.48. The van der Waals surface area contributed by atoms with Crippen LogP contribution in [0.1, 0.15) is 52.2 Å². The van der Waals surface area contributed by atoms with Gasteiger partial charge in [0.15, 0.2) is 0 Å². The Balaban J connectivity index is 1.67. The second kappa shape index (κ2) is 10.1. The van der Waals surface area contributed by atoms with Crippen LogP contribution in [0.2, 0.25) is 0 Å². The van der Waals surface area contributed by atoms with Gasteiger partial charge in [-0.05, 0) is 72.4 Å². The summed E-state index contributed by atoms with van der Waals surface area (Å²) in [6, 6.07) is 13.0.